The molecule has 1 fully saturated rings. The number of ether oxygens (including phenoxy) is 6. The Kier molecular flexibility index (Phi) is 14.5. The van der Waals surface area contributed by atoms with Crippen LogP contribution < -0.4 is 9.64 Å². The number of nitrogens with zero attached hydrogens (tertiary/aromatic N) is 1. The third-order valence-electron chi connectivity index (χ3n) is 8.40. The highest BCUT2D eigenvalue weighted by Crippen LogP contribution is 2.39. The third-order valence-corrected chi connectivity index (χ3v) is 8.40. The minimum atomic E-state index is -0.436. The Bertz CT molecular complexity index is 1050. The Balaban J connectivity index is 1.45. The quantitative estimate of drug-likeness (QED) is 0.201. The first kappa shape index (κ1) is 33.7. The molecule has 0 radical (unpaired) electrons. The fourth-order valence-corrected chi connectivity index (χ4v) is 6.15. The minimum Gasteiger partial charge on any atom is -0.490 e. The molecule has 2 aromatic rings. The normalized spacial score (nSPS) is 20.9. The molecule has 2 aromatic carbocycles. The van der Waals surface area contributed by atoms with E-state index in [-0.39, 0.29) is 18.1 Å². The van der Waals surface area contributed by atoms with Crippen molar-refractivity contribution in [3.05, 3.63) is 59.2 Å². The molecule has 1 aliphatic heterocycles. The largest absolute Gasteiger partial charge is 0.490 e. The van der Waals surface area contributed by atoms with Gasteiger partial charge in [0, 0.05) is 46.5 Å². The van der Waals surface area contributed by atoms with Crippen molar-refractivity contribution in [1.29, 1.82) is 0 Å². The fraction of sp³-hybridized carbons (Fsp3) is 0.657. The Morgan fingerprint density at radius 2 is 1.65 bits per heavy atom. The number of aliphatic hydroxyl groups is 1. The van der Waals surface area contributed by atoms with Crippen molar-refractivity contribution in [1.82, 2.24) is 0 Å². The van der Waals surface area contributed by atoms with Gasteiger partial charge in [-0.05, 0) is 67.3 Å². The number of hydrogen-bond acceptors (Lipinski definition) is 8. The van der Waals surface area contributed by atoms with Gasteiger partial charge in [-0.15, -0.1) is 0 Å². The summed E-state index contributed by atoms with van der Waals surface area (Å²) < 4.78 is 35.3. The fourth-order valence-electron chi connectivity index (χ4n) is 6.15. The molecular weight excluding hydrogens is 546 g/mol. The third kappa shape index (κ3) is 10.4. The van der Waals surface area contributed by atoms with Crippen molar-refractivity contribution in [3.8, 4) is 5.75 Å². The van der Waals surface area contributed by atoms with E-state index in [1.54, 1.807) is 14.2 Å². The number of anilines is 1. The molecule has 43 heavy (non-hydrogen) atoms. The van der Waals surface area contributed by atoms with Gasteiger partial charge in [-0.1, -0.05) is 43.7 Å². The monoisotopic (exact) mass is 599 g/mol. The molecule has 1 heterocycles. The van der Waals surface area contributed by atoms with E-state index in [2.05, 4.69) is 54.3 Å². The van der Waals surface area contributed by atoms with Crippen LogP contribution in [0.15, 0.2) is 42.5 Å². The molecule has 0 aromatic heterocycles. The van der Waals surface area contributed by atoms with Gasteiger partial charge in [-0.2, -0.15) is 0 Å². The zero-order valence-electron chi connectivity index (χ0n) is 26.5. The van der Waals surface area contributed by atoms with Crippen LogP contribution in [0.1, 0.15) is 74.5 Å². The second kappa shape index (κ2) is 18.6. The van der Waals surface area contributed by atoms with E-state index in [9.17, 15) is 5.11 Å². The molecule has 0 amide bonds. The van der Waals surface area contributed by atoms with Crippen LogP contribution in [-0.2, 0) is 36.9 Å². The van der Waals surface area contributed by atoms with Crippen molar-refractivity contribution in [3.63, 3.8) is 0 Å². The zero-order chi connectivity index (χ0) is 30.3. The Labute approximate surface area is 258 Å². The van der Waals surface area contributed by atoms with Gasteiger partial charge in [-0.25, -0.2) is 0 Å². The molecule has 8 nitrogen and oxygen atoms in total. The summed E-state index contributed by atoms with van der Waals surface area (Å²) in [6.07, 6.45) is 6.11. The maximum absolute atomic E-state index is 10.4. The zero-order valence-corrected chi connectivity index (χ0v) is 26.5. The maximum Gasteiger partial charge on any atom is 0.142 e. The topological polar surface area (TPSA) is 78.9 Å². The Morgan fingerprint density at radius 3 is 2.42 bits per heavy atom. The van der Waals surface area contributed by atoms with Crippen molar-refractivity contribution in [2.24, 2.45) is 0 Å². The van der Waals surface area contributed by atoms with E-state index >= 15 is 0 Å². The lowest BCUT2D eigenvalue weighted by molar-refractivity contribution is -0.0864. The standard InChI is InChI=1S/C35H53NO7/c1-4-8-30(37)26-43-34-10-5-9-33(35(34)29-14-11-27(12-15-29)24-40-21-7-20-39-3)42-25-28-13-16-32-31(23-28)36(18-22-41-32)17-6-19-38-2/h11-16,23,30,33-35,37H,4-10,17-22,24-26H2,1-3H3/t30-,33+,34-,35-/m1/s1. The molecule has 0 saturated heterocycles. The van der Waals surface area contributed by atoms with Crippen molar-refractivity contribution >= 4 is 5.69 Å². The lowest BCUT2D eigenvalue weighted by Gasteiger charge is -2.39. The van der Waals surface area contributed by atoms with Crippen LogP contribution in [0.2, 0.25) is 0 Å². The summed E-state index contributed by atoms with van der Waals surface area (Å²) in [6.45, 7) is 8.22. The lowest BCUT2D eigenvalue weighted by atomic mass is 9.79. The molecule has 240 valence electrons. The number of aliphatic hydroxyl groups excluding tert-OH is 1. The molecule has 0 unspecified atom stereocenters. The van der Waals surface area contributed by atoms with Crippen LogP contribution >= 0.6 is 0 Å². The van der Waals surface area contributed by atoms with Crippen molar-refractivity contribution < 1.29 is 33.5 Å². The van der Waals surface area contributed by atoms with E-state index < -0.39 is 6.10 Å². The van der Waals surface area contributed by atoms with Gasteiger partial charge in [0.15, 0.2) is 0 Å². The molecule has 1 saturated carbocycles. The van der Waals surface area contributed by atoms with Crippen LogP contribution in [0, 0.1) is 0 Å². The summed E-state index contributed by atoms with van der Waals surface area (Å²) in [5, 5.41) is 10.4. The highest BCUT2D eigenvalue weighted by atomic mass is 16.5. The van der Waals surface area contributed by atoms with Crippen LogP contribution in [0.25, 0.3) is 0 Å². The number of rotatable bonds is 19. The molecule has 2 aliphatic rings. The molecule has 8 heteroatoms. The first-order valence-corrected chi connectivity index (χ1v) is 16.2. The van der Waals surface area contributed by atoms with E-state index in [4.69, 9.17) is 28.4 Å². The molecule has 1 aliphatic carbocycles. The van der Waals surface area contributed by atoms with Gasteiger partial charge in [0.1, 0.15) is 12.4 Å². The number of benzene rings is 2. The van der Waals surface area contributed by atoms with Gasteiger partial charge in [0.2, 0.25) is 0 Å². The minimum absolute atomic E-state index is 0.00499. The smallest absolute Gasteiger partial charge is 0.142 e. The lowest BCUT2D eigenvalue weighted by Crippen LogP contribution is -2.39. The van der Waals surface area contributed by atoms with Crippen molar-refractivity contribution in [2.45, 2.75) is 89.3 Å². The highest BCUT2D eigenvalue weighted by molar-refractivity contribution is 5.61. The summed E-state index contributed by atoms with van der Waals surface area (Å²) in [5.74, 6) is 1.02. The first-order valence-electron chi connectivity index (χ1n) is 16.2. The average molecular weight is 600 g/mol. The van der Waals surface area contributed by atoms with Gasteiger partial charge < -0.3 is 38.4 Å². The van der Waals surface area contributed by atoms with E-state index in [1.807, 2.05) is 0 Å². The summed E-state index contributed by atoms with van der Waals surface area (Å²) in [6, 6.07) is 15.1. The number of hydrogen-bond donors (Lipinski definition) is 1. The van der Waals surface area contributed by atoms with E-state index in [1.165, 1.54) is 5.56 Å². The Hall–Kier alpha value is -2.20. The Morgan fingerprint density at radius 1 is 0.907 bits per heavy atom. The van der Waals surface area contributed by atoms with E-state index in [0.29, 0.717) is 39.6 Å². The molecule has 4 rings (SSSR count). The van der Waals surface area contributed by atoms with Gasteiger partial charge >= 0.3 is 0 Å². The van der Waals surface area contributed by atoms with Gasteiger partial charge in [0.05, 0.1) is 50.4 Å². The average Bonchev–Trinajstić information content (AvgIpc) is 3.03. The molecule has 4 atom stereocenters. The summed E-state index contributed by atoms with van der Waals surface area (Å²) in [4.78, 5) is 2.39. The number of fused-ring (bicyclic) bond motifs is 1. The second-order valence-corrected chi connectivity index (χ2v) is 11.7. The van der Waals surface area contributed by atoms with Crippen molar-refractivity contribution in [2.75, 3.05) is 65.2 Å². The molecule has 0 bridgehead atoms. The summed E-state index contributed by atoms with van der Waals surface area (Å²) in [5.41, 5.74) is 4.64. The van der Waals surface area contributed by atoms with Crippen LogP contribution in [0.4, 0.5) is 5.69 Å². The number of methoxy groups -OCH3 is 2. The first-order chi connectivity index (χ1) is 21.1. The maximum atomic E-state index is 10.4. The van der Waals surface area contributed by atoms with E-state index in [0.717, 1.165) is 87.2 Å². The summed E-state index contributed by atoms with van der Waals surface area (Å²) in [7, 11) is 3.46. The second-order valence-electron chi connectivity index (χ2n) is 11.7. The van der Waals surface area contributed by atoms with Gasteiger partial charge in [0.25, 0.3) is 0 Å². The molecule has 1 N–H and O–H groups in total. The SMILES string of the molecule is CCC[C@@H](O)CO[C@@H]1CCC[C@H](OCc2ccc3c(c2)N(CCCOC)CCO3)[C@H]1c1ccc(COCCCOC)cc1. The summed E-state index contributed by atoms with van der Waals surface area (Å²) >= 11 is 0. The molecular formula is C35H53NO7. The predicted molar refractivity (Wildman–Crippen MR) is 169 cm³/mol. The predicted octanol–water partition coefficient (Wildman–Crippen LogP) is 5.87. The molecule has 0 spiro atoms. The van der Waals surface area contributed by atoms with Crippen LogP contribution in [0.5, 0.6) is 5.75 Å². The van der Waals surface area contributed by atoms with Crippen LogP contribution in [-0.4, -0.2) is 83.8 Å². The highest BCUT2D eigenvalue weighted by Gasteiger charge is 2.36. The van der Waals surface area contributed by atoms with Gasteiger partial charge in [-0.3, -0.25) is 0 Å². The van der Waals surface area contributed by atoms with Crippen LogP contribution in [0.3, 0.4) is 0 Å².